The second-order valence-electron chi connectivity index (χ2n) is 11.1. The molecule has 1 N–H and O–H groups in total. The number of rotatable bonds is 6. The highest BCUT2D eigenvalue weighted by atomic mass is 32.1. The van der Waals surface area contributed by atoms with Gasteiger partial charge in [0.25, 0.3) is 5.56 Å². The van der Waals surface area contributed by atoms with Crippen molar-refractivity contribution < 1.29 is 9.13 Å². The number of imidazole rings is 1. The van der Waals surface area contributed by atoms with E-state index in [9.17, 15) is 9.18 Å². The summed E-state index contributed by atoms with van der Waals surface area (Å²) in [5.41, 5.74) is 4.43. The van der Waals surface area contributed by atoms with E-state index < -0.39 is 11.9 Å². The van der Waals surface area contributed by atoms with E-state index in [1.807, 2.05) is 30.3 Å². The van der Waals surface area contributed by atoms with Crippen molar-refractivity contribution in [1.82, 2.24) is 19.4 Å². The Bertz CT molecular complexity index is 1920. The van der Waals surface area contributed by atoms with Gasteiger partial charge < -0.3 is 14.6 Å². The topological polar surface area (TPSA) is 63.1 Å². The lowest BCUT2D eigenvalue weighted by Gasteiger charge is -2.29. The first-order valence-corrected chi connectivity index (χ1v) is 15.0. The summed E-state index contributed by atoms with van der Waals surface area (Å²) >= 11 is 1.48. The third-order valence-corrected chi connectivity index (χ3v) is 9.61. The van der Waals surface area contributed by atoms with Crippen LogP contribution in [0.15, 0.2) is 89.9 Å². The Morgan fingerprint density at radius 1 is 1.02 bits per heavy atom. The number of fused-ring (bicyclic) bond motifs is 2. The molecule has 1 saturated heterocycles. The smallest absolute Gasteiger partial charge is 0.269 e. The van der Waals surface area contributed by atoms with Crippen molar-refractivity contribution in [3.05, 3.63) is 118 Å². The van der Waals surface area contributed by atoms with E-state index in [1.54, 1.807) is 23.9 Å². The first-order valence-electron chi connectivity index (χ1n) is 14.2. The predicted octanol–water partition coefficient (Wildman–Crippen LogP) is 7.20. The number of thiophene rings is 1. The van der Waals surface area contributed by atoms with Crippen LogP contribution in [0, 0.1) is 5.82 Å². The van der Waals surface area contributed by atoms with Crippen LogP contribution in [0.1, 0.15) is 41.8 Å². The molecule has 0 spiro atoms. The molecule has 0 amide bonds. The molecular weight excluding hydrogens is 547 g/mol. The molecule has 8 heteroatoms. The molecule has 0 aliphatic carbocycles. The Hall–Kier alpha value is -4.27. The second kappa shape index (κ2) is 10.9. The standard InChI is InChI=1S/C34H31FN4O2S/c1-38-16-13-22(14-17-38)21-7-9-23(10-8-21)30-19-24-15-18-39(34(40)32(24)42-30)31(26-20-25(35)11-12-29(26)41-2)33-36-27-5-3-4-6-28(27)37-33/h3-12,15,18-20,22,31H,13-14,16-17H2,1-2H3,(H,36,37)/t31-/m1/s1. The van der Waals surface area contributed by atoms with Crippen molar-refractivity contribution in [3.63, 3.8) is 0 Å². The monoisotopic (exact) mass is 578 g/mol. The number of nitrogens with one attached hydrogen (secondary N) is 1. The van der Waals surface area contributed by atoms with Gasteiger partial charge in [0.05, 0.1) is 18.1 Å². The molecule has 42 heavy (non-hydrogen) atoms. The molecule has 0 unspecified atom stereocenters. The number of halogens is 1. The number of aromatic amines is 1. The average molecular weight is 579 g/mol. The molecule has 0 saturated carbocycles. The minimum atomic E-state index is -0.723. The zero-order chi connectivity index (χ0) is 28.8. The molecule has 7 rings (SSSR count). The summed E-state index contributed by atoms with van der Waals surface area (Å²) in [5.74, 6) is 1.19. The molecule has 6 aromatic rings. The Labute approximate surface area is 247 Å². The molecule has 1 aliphatic rings. The number of methoxy groups -OCH3 is 1. The lowest BCUT2D eigenvalue weighted by Crippen LogP contribution is -2.29. The van der Waals surface area contributed by atoms with Gasteiger partial charge in [-0.2, -0.15) is 0 Å². The van der Waals surface area contributed by atoms with Gasteiger partial charge in [0, 0.05) is 22.0 Å². The van der Waals surface area contributed by atoms with Crippen LogP contribution < -0.4 is 10.3 Å². The quantitative estimate of drug-likeness (QED) is 0.227. The van der Waals surface area contributed by atoms with Gasteiger partial charge in [-0.3, -0.25) is 9.36 Å². The van der Waals surface area contributed by atoms with Crippen LogP contribution in [0.5, 0.6) is 5.75 Å². The van der Waals surface area contributed by atoms with Crippen molar-refractivity contribution in [2.45, 2.75) is 24.8 Å². The zero-order valence-electron chi connectivity index (χ0n) is 23.5. The number of piperidine rings is 1. The van der Waals surface area contributed by atoms with Crippen molar-refractivity contribution in [2.24, 2.45) is 0 Å². The Balaban J connectivity index is 1.31. The summed E-state index contributed by atoms with van der Waals surface area (Å²) in [6, 6.07) is 24.2. The molecule has 4 heterocycles. The van der Waals surface area contributed by atoms with E-state index in [1.165, 1.54) is 41.9 Å². The normalized spacial score (nSPS) is 15.4. The minimum absolute atomic E-state index is 0.163. The number of H-pyrrole nitrogens is 1. The average Bonchev–Trinajstić information content (AvgIpc) is 3.64. The first kappa shape index (κ1) is 26.6. The van der Waals surface area contributed by atoms with E-state index in [4.69, 9.17) is 9.72 Å². The maximum Gasteiger partial charge on any atom is 0.269 e. The van der Waals surface area contributed by atoms with Crippen LogP contribution in [-0.2, 0) is 0 Å². The highest BCUT2D eigenvalue weighted by molar-refractivity contribution is 7.22. The van der Waals surface area contributed by atoms with Crippen LogP contribution in [0.3, 0.4) is 0 Å². The maximum atomic E-state index is 14.6. The second-order valence-corrected chi connectivity index (χ2v) is 12.1. The predicted molar refractivity (Wildman–Crippen MR) is 167 cm³/mol. The number of hydrogen-bond donors (Lipinski definition) is 1. The first-order chi connectivity index (χ1) is 20.5. The van der Waals surface area contributed by atoms with Crippen molar-refractivity contribution >= 4 is 32.5 Å². The summed E-state index contributed by atoms with van der Waals surface area (Å²) in [7, 11) is 3.73. The van der Waals surface area contributed by atoms with Crippen molar-refractivity contribution in [3.8, 4) is 16.2 Å². The fourth-order valence-electron chi connectivity index (χ4n) is 6.10. The van der Waals surface area contributed by atoms with Crippen LogP contribution >= 0.6 is 11.3 Å². The van der Waals surface area contributed by atoms with Gasteiger partial charge in [-0.05, 0) is 92.5 Å². The largest absolute Gasteiger partial charge is 0.496 e. The molecule has 1 fully saturated rings. The zero-order valence-corrected chi connectivity index (χ0v) is 24.3. The van der Waals surface area contributed by atoms with E-state index >= 15 is 0 Å². The van der Waals surface area contributed by atoms with Gasteiger partial charge >= 0.3 is 0 Å². The maximum absolute atomic E-state index is 14.6. The van der Waals surface area contributed by atoms with Crippen LogP contribution in [-0.4, -0.2) is 46.7 Å². The van der Waals surface area contributed by atoms with Crippen LogP contribution in [0.2, 0.25) is 0 Å². The summed E-state index contributed by atoms with van der Waals surface area (Å²) in [4.78, 5) is 25.7. The number of pyridine rings is 1. The van der Waals surface area contributed by atoms with E-state index in [2.05, 4.69) is 47.3 Å². The number of ether oxygens (including phenoxy) is 1. The van der Waals surface area contributed by atoms with Gasteiger partial charge in [0.2, 0.25) is 0 Å². The van der Waals surface area contributed by atoms with E-state index in [0.717, 1.165) is 39.9 Å². The summed E-state index contributed by atoms with van der Waals surface area (Å²) in [6.45, 7) is 2.26. The van der Waals surface area contributed by atoms with Crippen LogP contribution in [0.4, 0.5) is 4.39 Å². The summed E-state index contributed by atoms with van der Waals surface area (Å²) in [6.07, 6.45) is 4.13. The van der Waals surface area contributed by atoms with E-state index in [0.29, 0.717) is 27.8 Å². The van der Waals surface area contributed by atoms with Gasteiger partial charge in [0.1, 0.15) is 28.1 Å². The van der Waals surface area contributed by atoms with E-state index in [-0.39, 0.29) is 5.56 Å². The lowest BCUT2D eigenvalue weighted by atomic mass is 9.89. The highest BCUT2D eigenvalue weighted by Gasteiger charge is 2.26. The van der Waals surface area contributed by atoms with Gasteiger partial charge in [-0.15, -0.1) is 11.3 Å². The fourth-order valence-corrected chi connectivity index (χ4v) is 7.20. The summed E-state index contributed by atoms with van der Waals surface area (Å²) < 4.78 is 22.5. The molecule has 0 bridgehead atoms. The molecule has 0 radical (unpaired) electrons. The minimum Gasteiger partial charge on any atom is -0.496 e. The molecule has 212 valence electrons. The van der Waals surface area contributed by atoms with Crippen LogP contribution in [0.25, 0.3) is 31.6 Å². The number of hydrogen-bond acceptors (Lipinski definition) is 5. The molecule has 6 nitrogen and oxygen atoms in total. The molecule has 3 aromatic heterocycles. The molecule has 3 aromatic carbocycles. The van der Waals surface area contributed by atoms with Gasteiger partial charge in [0.15, 0.2) is 0 Å². The Kier molecular flexibility index (Phi) is 6.88. The third-order valence-electron chi connectivity index (χ3n) is 8.42. The molecular formula is C34H31FN4O2S. The molecule has 1 atom stereocenters. The number of aromatic nitrogens is 3. The van der Waals surface area contributed by atoms with Crippen molar-refractivity contribution in [2.75, 3.05) is 27.2 Å². The number of likely N-dealkylation sites (tertiary alicyclic amines) is 1. The van der Waals surface area contributed by atoms with Gasteiger partial charge in [-0.25, -0.2) is 9.37 Å². The number of para-hydroxylation sites is 2. The molecule has 1 aliphatic heterocycles. The third kappa shape index (κ3) is 4.80. The number of benzene rings is 3. The Morgan fingerprint density at radius 3 is 2.57 bits per heavy atom. The van der Waals surface area contributed by atoms with Crippen molar-refractivity contribution in [1.29, 1.82) is 0 Å². The fraction of sp³-hybridized carbons (Fsp3) is 0.235. The Morgan fingerprint density at radius 2 is 1.81 bits per heavy atom. The van der Waals surface area contributed by atoms with Gasteiger partial charge in [-0.1, -0.05) is 36.4 Å². The highest BCUT2D eigenvalue weighted by Crippen LogP contribution is 2.37. The summed E-state index contributed by atoms with van der Waals surface area (Å²) in [5, 5.41) is 0.880. The lowest BCUT2D eigenvalue weighted by molar-refractivity contribution is 0.255. The SMILES string of the molecule is COc1ccc(F)cc1[C@H](c1nc2ccccc2[nH]1)n1ccc2cc(-c3ccc(C4CCN(C)CC4)cc3)sc2c1=O. The number of nitrogens with zero attached hydrogens (tertiary/aromatic N) is 3.